The molecule has 2 aliphatic heterocycles. The first-order valence-electron chi connectivity index (χ1n) is 13.2. The lowest BCUT2D eigenvalue weighted by molar-refractivity contribution is -0.139. The number of hydrogen-bond acceptors (Lipinski definition) is 9. The Balaban J connectivity index is 1.45. The molecule has 0 spiro atoms. The number of esters is 1. The number of nitrogens with zero attached hydrogens (tertiary/aromatic N) is 3. The molecular formula is C28H35N5O6S. The topological polar surface area (TPSA) is 148 Å². The molecule has 2 aromatic rings. The van der Waals surface area contributed by atoms with Crippen LogP contribution in [0.25, 0.3) is 6.08 Å². The minimum Gasteiger partial charge on any atom is -0.490 e. The third-order valence-electron chi connectivity index (χ3n) is 6.43. The number of piperidine rings is 1. The molecule has 1 fully saturated rings. The molecule has 0 saturated carbocycles. The second kappa shape index (κ2) is 13.3. The molecule has 214 valence electrons. The van der Waals surface area contributed by atoms with Crippen LogP contribution in [0.3, 0.4) is 0 Å². The molecule has 2 aromatic carbocycles. The number of rotatable bonds is 11. The molecule has 0 amide bonds. The van der Waals surface area contributed by atoms with Gasteiger partial charge in [0.05, 0.1) is 25.4 Å². The second-order valence-corrected chi connectivity index (χ2v) is 11.2. The average Bonchev–Trinajstić information content (AvgIpc) is 3.47. The molecule has 0 aliphatic carbocycles. The van der Waals surface area contributed by atoms with Crippen LogP contribution in [0.1, 0.15) is 30.9 Å². The largest absolute Gasteiger partial charge is 0.490 e. The molecule has 11 nitrogen and oxygen atoms in total. The molecule has 4 rings (SSSR count). The summed E-state index contributed by atoms with van der Waals surface area (Å²) < 4.78 is 44.2. The maximum absolute atomic E-state index is 13.2. The average molecular weight is 570 g/mol. The number of aliphatic imine (C=N–C) groups is 1. The van der Waals surface area contributed by atoms with E-state index in [0.29, 0.717) is 36.2 Å². The van der Waals surface area contributed by atoms with E-state index in [-0.39, 0.29) is 25.1 Å². The van der Waals surface area contributed by atoms with Gasteiger partial charge >= 0.3 is 5.97 Å². The standard InChI is InChI=1S/C28H35N5O6S/c1-2-37-26(34)20-40(35,36)33(15-4-6-21-5-3-7-22(19-21)27(29)30)23-8-10-24(11-9-23)39-25-12-16-32(17-13-25)28-31-14-18-38-28/h3-11,19,25H,2,12-18,20H2,1H3,(H3,29,30)/b6-4+. The number of nitrogens with two attached hydrogens (primary N) is 1. The first kappa shape index (κ1) is 28.9. The number of benzene rings is 2. The van der Waals surface area contributed by atoms with Crippen molar-refractivity contribution in [2.45, 2.75) is 25.9 Å². The van der Waals surface area contributed by atoms with E-state index < -0.39 is 21.7 Å². The summed E-state index contributed by atoms with van der Waals surface area (Å²) in [5, 5.41) is 7.61. The van der Waals surface area contributed by atoms with Crippen LogP contribution in [-0.2, 0) is 24.3 Å². The fraction of sp³-hybridized carbons (Fsp3) is 0.393. The monoisotopic (exact) mass is 569 g/mol. The highest BCUT2D eigenvalue weighted by Gasteiger charge is 2.27. The van der Waals surface area contributed by atoms with Gasteiger partial charge in [0.2, 0.25) is 10.0 Å². The van der Waals surface area contributed by atoms with Crippen LogP contribution >= 0.6 is 0 Å². The normalized spacial score (nSPS) is 15.9. The third kappa shape index (κ3) is 7.75. The Morgan fingerprint density at radius 2 is 1.98 bits per heavy atom. The molecule has 0 atom stereocenters. The van der Waals surface area contributed by atoms with Gasteiger partial charge in [-0.05, 0) is 42.8 Å². The first-order chi connectivity index (χ1) is 19.2. The SMILES string of the molecule is CCOC(=O)CS(=O)(=O)N(C/C=C/c1cccc(C(=N)N)c1)c1ccc(OC2CCN(C3=NCCO3)CC2)cc1. The van der Waals surface area contributed by atoms with Crippen molar-refractivity contribution in [2.75, 3.05) is 49.5 Å². The van der Waals surface area contributed by atoms with E-state index in [2.05, 4.69) is 9.89 Å². The minimum absolute atomic E-state index is 0.0172. The highest BCUT2D eigenvalue weighted by Crippen LogP contribution is 2.25. The lowest BCUT2D eigenvalue weighted by Gasteiger charge is -2.32. The Kier molecular flexibility index (Phi) is 9.65. The van der Waals surface area contributed by atoms with Gasteiger partial charge in [0.25, 0.3) is 6.02 Å². The molecule has 0 aromatic heterocycles. The Morgan fingerprint density at radius 1 is 1.23 bits per heavy atom. The molecule has 0 unspecified atom stereocenters. The molecule has 2 heterocycles. The van der Waals surface area contributed by atoms with Crippen LogP contribution in [0.5, 0.6) is 5.75 Å². The number of nitrogen functional groups attached to an aromatic ring is 1. The first-order valence-corrected chi connectivity index (χ1v) is 14.8. The number of likely N-dealkylation sites (tertiary alicyclic amines) is 1. The quantitative estimate of drug-likeness (QED) is 0.238. The molecular weight excluding hydrogens is 534 g/mol. The van der Waals surface area contributed by atoms with Gasteiger partial charge < -0.3 is 24.8 Å². The van der Waals surface area contributed by atoms with Crippen molar-refractivity contribution in [1.29, 1.82) is 5.41 Å². The molecule has 3 N–H and O–H groups in total. The summed E-state index contributed by atoms with van der Waals surface area (Å²) in [6, 6.07) is 14.6. The maximum atomic E-state index is 13.2. The number of hydrogen-bond donors (Lipinski definition) is 2. The summed E-state index contributed by atoms with van der Waals surface area (Å²) in [5.74, 6) is -1.01. The summed E-state index contributed by atoms with van der Waals surface area (Å²) in [6.07, 6.45) is 5.09. The van der Waals surface area contributed by atoms with Crippen LogP contribution in [0.15, 0.2) is 59.6 Å². The molecule has 1 saturated heterocycles. The Hall–Kier alpha value is -4.06. The van der Waals surface area contributed by atoms with Crippen molar-refractivity contribution in [2.24, 2.45) is 10.7 Å². The number of anilines is 1. The summed E-state index contributed by atoms with van der Waals surface area (Å²) in [7, 11) is -4.04. The Morgan fingerprint density at radius 3 is 2.62 bits per heavy atom. The Bertz CT molecular complexity index is 1350. The summed E-state index contributed by atoms with van der Waals surface area (Å²) in [4.78, 5) is 18.6. The van der Waals surface area contributed by atoms with Gasteiger partial charge in [-0.25, -0.2) is 13.4 Å². The van der Waals surface area contributed by atoms with Crippen molar-refractivity contribution in [3.8, 4) is 5.75 Å². The van der Waals surface area contributed by atoms with E-state index in [9.17, 15) is 13.2 Å². The van der Waals surface area contributed by atoms with E-state index >= 15 is 0 Å². The lowest BCUT2D eigenvalue weighted by Crippen LogP contribution is -2.41. The van der Waals surface area contributed by atoms with Gasteiger partial charge in [-0.3, -0.25) is 14.5 Å². The second-order valence-electron chi connectivity index (χ2n) is 9.34. The predicted molar refractivity (Wildman–Crippen MR) is 154 cm³/mol. The molecule has 2 aliphatic rings. The Labute approximate surface area is 234 Å². The smallest absolute Gasteiger partial charge is 0.323 e. The van der Waals surface area contributed by atoms with Gasteiger partial charge in [-0.2, -0.15) is 0 Å². The van der Waals surface area contributed by atoms with Crippen molar-refractivity contribution in [3.63, 3.8) is 0 Å². The van der Waals surface area contributed by atoms with Gasteiger partial charge in [0, 0.05) is 31.5 Å². The van der Waals surface area contributed by atoms with Gasteiger partial charge in [-0.15, -0.1) is 0 Å². The number of ether oxygens (including phenoxy) is 3. The van der Waals surface area contributed by atoms with Crippen molar-refractivity contribution < 1.29 is 27.4 Å². The summed E-state index contributed by atoms with van der Waals surface area (Å²) >= 11 is 0. The lowest BCUT2D eigenvalue weighted by atomic mass is 10.1. The highest BCUT2D eigenvalue weighted by molar-refractivity contribution is 7.93. The molecule has 0 radical (unpaired) electrons. The summed E-state index contributed by atoms with van der Waals surface area (Å²) in [6.45, 7) is 4.62. The van der Waals surface area contributed by atoms with Crippen LogP contribution in [0, 0.1) is 5.41 Å². The van der Waals surface area contributed by atoms with Crippen molar-refractivity contribution >= 4 is 39.6 Å². The van der Waals surface area contributed by atoms with Crippen LogP contribution in [-0.4, -0.2) is 82.4 Å². The maximum Gasteiger partial charge on any atom is 0.323 e. The van der Waals surface area contributed by atoms with E-state index in [1.807, 2.05) is 6.07 Å². The van der Waals surface area contributed by atoms with Crippen LogP contribution in [0.4, 0.5) is 5.69 Å². The number of amidine groups is 2. The van der Waals surface area contributed by atoms with Gasteiger partial charge in [0.15, 0.2) is 5.75 Å². The zero-order valence-corrected chi connectivity index (χ0v) is 23.3. The minimum atomic E-state index is -4.04. The number of carbonyl (C=O) groups excluding carboxylic acids is 1. The number of nitrogens with one attached hydrogen (secondary N) is 1. The number of carbonyl (C=O) groups is 1. The predicted octanol–water partition coefficient (Wildman–Crippen LogP) is 2.61. The molecule has 40 heavy (non-hydrogen) atoms. The zero-order valence-electron chi connectivity index (χ0n) is 22.5. The third-order valence-corrected chi connectivity index (χ3v) is 8.06. The van der Waals surface area contributed by atoms with Crippen LogP contribution < -0.4 is 14.8 Å². The van der Waals surface area contributed by atoms with Crippen LogP contribution in [0.2, 0.25) is 0 Å². The molecule has 0 bridgehead atoms. The zero-order chi connectivity index (χ0) is 28.5. The van der Waals surface area contributed by atoms with Gasteiger partial charge in [-0.1, -0.05) is 30.4 Å². The van der Waals surface area contributed by atoms with Crippen molar-refractivity contribution in [3.05, 3.63) is 65.7 Å². The highest BCUT2D eigenvalue weighted by atomic mass is 32.2. The fourth-order valence-electron chi connectivity index (χ4n) is 4.47. The van der Waals surface area contributed by atoms with E-state index in [4.69, 9.17) is 25.4 Å². The van der Waals surface area contributed by atoms with Crippen molar-refractivity contribution in [1.82, 2.24) is 4.90 Å². The van der Waals surface area contributed by atoms with E-state index in [1.165, 1.54) is 4.31 Å². The summed E-state index contributed by atoms with van der Waals surface area (Å²) in [5.41, 5.74) is 7.29. The number of sulfonamides is 1. The van der Waals surface area contributed by atoms with E-state index in [1.54, 1.807) is 61.5 Å². The molecule has 12 heteroatoms. The van der Waals surface area contributed by atoms with Gasteiger partial charge in [0.1, 0.15) is 24.3 Å². The van der Waals surface area contributed by atoms with E-state index in [0.717, 1.165) is 31.5 Å². The fourth-order valence-corrected chi connectivity index (χ4v) is 5.76.